The lowest BCUT2D eigenvalue weighted by atomic mass is 10.0. The van der Waals surface area contributed by atoms with E-state index in [2.05, 4.69) is 64.3 Å². The number of carbonyl (C=O) groups is 1. The second-order valence-corrected chi connectivity index (χ2v) is 8.68. The maximum absolute atomic E-state index is 13.4. The molecule has 0 bridgehead atoms. The van der Waals surface area contributed by atoms with Crippen LogP contribution in [0, 0.1) is 20.8 Å². The highest BCUT2D eigenvalue weighted by Crippen LogP contribution is 2.28. The van der Waals surface area contributed by atoms with Crippen LogP contribution in [0.15, 0.2) is 55.0 Å². The van der Waals surface area contributed by atoms with Crippen LogP contribution in [0.2, 0.25) is 0 Å². The Labute approximate surface area is 193 Å². The molecule has 0 aliphatic carbocycles. The number of aromatic nitrogens is 4. The number of aryl methyl sites for hydroxylation is 3. The molecule has 5 rings (SSSR count). The van der Waals surface area contributed by atoms with Crippen LogP contribution >= 0.6 is 0 Å². The molecule has 33 heavy (non-hydrogen) atoms. The topological polar surface area (TPSA) is 66.6 Å². The summed E-state index contributed by atoms with van der Waals surface area (Å²) in [5.74, 6) is 0.843. The third-order valence-electron chi connectivity index (χ3n) is 6.51. The summed E-state index contributed by atoms with van der Waals surface area (Å²) in [5.41, 5.74) is 7.34. The van der Waals surface area contributed by atoms with Crippen molar-refractivity contribution in [1.29, 1.82) is 0 Å². The van der Waals surface area contributed by atoms with Crippen molar-refractivity contribution in [3.05, 3.63) is 77.4 Å². The van der Waals surface area contributed by atoms with E-state index < -0.39 is 0 Å². The number of pyridine rings is 1. The Morgan fingerprint density at radius 2 is 1.67 bits per heavy atom. The van der Waals surface area contributed by atoms with E-state index in [1.54, 1.807) is 12.4 Å². The van der Waals surface area contributed by atoms with Crippen LogP contribution in [0.25, 0.3) is 16.9 Å². The smallest absolute Gasteiger partial charge is 0.228 e. The summed E-state index contributed by atoms with van der Waals surface area (Å²) in [6.07, 6.45) is 5.82. The number of hydrogen-bond acceptors (Lipinski definition) is 5. The lowest BCUT2D eigenvalue weighted by Crippen LogP contribution is -2.49. The maximum Gasteiger partial charge on any atom is 0.228 e. The van der Waals surface area contributed by atoms with E-state index in [1.807, 2.05) is 23.2 Å². The molecule has 0 spiro atoms. The molecule has 1 aliphatic rings. The summed E-state index contributed by atoms with van der Waals surface area (Å²) in [4.78, 5) is 31.1. The number of rotatable bonds is 4. The number of fused-ring (bicyclic) bond motifs is 1. The highest BCUT2D eigenvalue weighted by molar-refractivity contribution is 5.82. The molecule has 1 aliphatic heterocycles. The molecule has 1 fully saturated rings. The molecule has 0 unspecified atom stereocenters. The summed E-state index contributed by atoms with van der Waals surface area (Å²) in [6.45, 7) is 9.05. The fraction of sp³-hybridized carbons (Fsp3) is 0.308. The van der Waals surface area contributed by atoms with E-state index in [-0.39, 0.29) is 5.91 Å². The lowest BCUT2D eigenvalue weighted by Gasteiger charge is -2.34. The minimum Gasteiger partial charge on any atom is -0.339 e. The average Bonchev–Trinajstić information content (AvgIpc) is 3.21. The molecular weight excluding hydrogens is 412 g/mol. The van der Waals surface area contributed by atoms with Crippen molar-refractivity contribution in [2.24, 2.45) is 0 Å². The molecule has 7 heteroatoms. The fourth-order valence-corrected chi connectivity index (χ4v) is 4.41. The van der Waals surface area contributed by atoms with Gasteiger partial charge in [0.05, 0.1) is 17.8 Å². The van der Waals surface area contributed by atoms with Gasteiger partial charge in [-0.15, -0.1) is 0 Å². The van der Waals surface area contributed by atoms with Crippen LogP contribution in [-0.2, 0) is 11.2 Å². The zero-order chi connectivity index (χ0) is 22.9. The van der Waals surface area contributed by atoms with Gasteiger partial charge in [-0.25, -0.2) is 15.0 Å². The van der Waals surface area contributed by atoms with Gasteiger partial charge < -0.3 is 14.2 Å². The zero-order valence-electron chi connectivity index (χ0n) is 19.3. The van der Waals surface area contributed by atoms with E-state index in [9.17, 15) is 4.79 Å². The van der Waals surface area contributed by atoms with Gasteiger partial charge in [-0.05, 0) is 55.7 Å². The van der Waals surface area contributed by atoms with Crippen LogP contribution in [0.4, 0.5) is 5.95 Å². The van der Waals surface area contributed by atoms with Crippen LogP contribution in [0.5, 0.6) is 0 Å². The third-order valence-corrected chi connectivity index (χ3v) is 6.51. The monoisotopic (exact) mass is 440 g/mol. The number of benzene rings is 1. The normalized spacial score (nSPS) is 14.2. The van der Waals surface area contributed by atoms with Gasteiger partial charge in [-0.2, -0.15) is 0 Å². The Morgan fingerprint density at radius 3 is 2.39 bits per heavy atom. The number of carbonyl (C=O) groups excluding carboxylic acids is 1. The van der Waals surface area contributed by atoms with Crippen molar-refractivity contribution >= 4 is 17.5 Å². The number of nitrogens with zero attached hydrogens (tertiary/aromatic N) is 6. The SMILES string of the molecule is Cc1ccc(-c2nc3c(C)cccn3c2CC(=O)N2CCN(c3ncccn3)CC2)cc1C. The van der Waals surface area contributed by atoms with Crippen LogP contribution in [0.3, 0.4) is 0 Å². The van der Waals surface area contributed by atoms with Gasteiger partial charge in [0.2, 0.25) is 11.9 Å². The summed E-state index contributed by atoms with van der Waals surface area (Å²) in [6, 6.07) is 12.3. The van der Waals surface area contributed by atoms with Gasteiger partial charge in [-0.3, -0.25) is 4.79 Å². The average molecular weight is 441 g/mol. The molecule has 0 atom stereocenters. The van der Waals surface area contributed by atoms with E-state index in [0.717, 1.165) is 47.2 Å². The van der Waals surface area contributed by atoms with Crippen LogP contribution < -0.4 is 4.90 Å². The Hall–Kier alpha value is -3.74. The summed E-state index contributed by atoms with van der Waals surface area (Å²) < 4.78 is 2.08. The molecule has 7 nitrogen and oxygen atoms in total. The predicted octanol–water partition coefficient (Wildman–Crippen LogP) is 3.61. The predicted molar refractivity (Wildman–Crippen MR) is 129 cm³/mol. The van der Waals surface area contributed by atoms with Crippen molar-refractivity contribution in [2.45, 2.75) is 27.2 Å². The van der Waals surface area contributed by atoms with Crippen LogP contribution in [0.1, 0.15) is 22.4 Å². The van der Waals surface area contributed by atoms with Crippen molar-refractivity contribution in [3.8, 4) is 11.3 Å². The van der Waals surface area contributed by atoms with E-state index >= 15 is 0 Å². The van der Waals surface area contributed by atoms with E-state index in [4.69, 9.17) is 4.98 Å². The minimum absolute atomic E-state index is 0.122. The number of anilines is 1. The van der Waals surface area contributed by atoms with Gasteiger partial charge in [-0.1, -0.05) is 18.2 Å². The van der Waals surface area contributed by atoms with Gasteiger partial charge in [0.25, 0.3) is 0 Å². The van der Waals surface area contributed by atoms with Gasteiger partial charge in [0.15, 0.2) is 0 Å². The third kappa shape index (κ3) is 4.06. The number of imidazole rings is 1. The van der Waals surface area contributed by atoms with Crippen molar-refractivity contribution in [3.63, 3.8) is 0 Å². The molecule has 168 valence electrons. The van der Waals surface area contributed by atoms with Gasteiger partial charge in [0, 0.05) is 50.3 Å². The number of piperazine rings is 1. The molecule has 0 saturated carbocycles. The first-order chi connectivity index (χ1) is 16.0. The van der Waals surface area contributed by atoms with Crippen LogP contribution in [-0.4, -0.2) is 56.3 Å². The van der Waals surface area contributed by atoms with E-state index in [1.165, 1.54) is 11.1 Å². The second kappa shape index (κ2) is 8.65. The quantitative estimate of drug-likeness (QED) is 0.485. The molecule has 4 heterocycles. The first kappa shape index (κ1) is 21.1. The number of amides is 1. The first-order valence-corrected chi connectivity index (χ1v) is 11.3. The summed E-state index contributed by atoms with van der Waals surface area (Å²) in [5, 5.41) is 0. The Bertz CT molecular complexity index is 1310. The first-order valence-electron chi connectivity index (χ1n) is 11.3. The molecule has 1 amide bonds. The maximum atomic E-state index is 13.4. The van der Waals surface area contributed by atoms with Crippen molar-refractivity contribution in [1.82, 2.24) is 24.3 Å². The molecule has 4 aromatic rings. The molecular formula is C26H28N6O. The minimum atomic E-state index is 0.122. The molecule has 1 aromatic carbocycles. The zero-order valence-corrected chi connectivity index (χ0v) is 19.3. The summed E-state index contributed by atoms with van der Waals surface area (Å²) >= 11 is 0. The van der Waals surface area contributed by atoms with Crippen molar-refractivity contribution in [2.75, 3.05) is 31.1 Å². The van der Waals surface area contributed by atoms with Gasteiger partial charge >= 0.3 is 0 Å². The highest BCUT2D eigenvalue weighted by atomic mass is 16.2. The summed E-state index contributed by atoms with van der Waals surface area (Å²) in [7, 11) is 0. The molecule has 3 aromatic heterocycles. The standard InChI is InChI=1S/C26H28N6O/c1-18-7-8-21(16-20(18)3)24-22(32-11-4-6-19(2)25(32)29-24)17-23(33)30-12-14-31(15-13-30)26-27-9-5-10-28-26/h4-11,16H,12-15,17H2,1-3H3. The largest absolute Gasteiger partial charge is 0.339 e. The Kier molecular flexibility index (Phi) is 5.54. The lowest BCUT2D eigenvalue weighted by molar-refractivity contribution is -0.130. The van der Waals surface area contributed by atoms with E-state index in [0.29, 0.717) is 19.5 Å². The molecule has 0 N–H and O–H groups in total. The Morgan fingerprint density at radius 1 is 0.909 bits per heavy atom. The van der Waals surface area contributed by atoms with Gasteiger partial charge in [0.1, 0.15) is 5.65 Å². The van der Waals surface area contributed by atoms with Crippen molar-refractivity contribution < 1.29 is 4.79 Å². The molecule has 0 radical (unpaired) electrons. The highest BCUT2D eigenvalue weighted by Gasteiger charge is 2.25. The Balaban J connectivity index is 1.42. The number of hydrogen-bond donors (Lipinski definition) is 0. The fourth-order valence-electron chi connectivity index (χ4n) is 4.41. The molecule has 1 saturated heterocycles. The second-order valence-electron chi connectivity index (χ2n) is 8.68.